The van der Waals surface area contributed by atoms with Crippen LogP contribution < -0.4 is 16.0 Å². The Hall–Kier alpha value is -16.5. The monoisotopic (exact) mass is 1650 g/mol. The Morgan fingerprint density at radius 1 is 0.147 bits per heavy atom. The minimum Gasteiger partial charge on any atom is -0.356 e. The van der Waals surface area contributed by atoms with Crippen LogP contribution in [0.25, 0.3) is 99.4 Å². The van der Waals surface area contributed by atoms with E-state index in [9.17, 15) is 0 Å². The average molecular weight is 1650 g/mol. The van der Waals surface area contributed by atoms with Crippen LogP contribution in [0.4, 0.5) is 34.1 Å². The van der Waals surface area contributed by atoms with Crippen LogP contribution in [0.5, 0.6) is 0 Å². The van der Waals surface area contributed by atoms with Crippen LogP contribution in [0, 0.1) is 0 Å². The van der Waals surface area contributed by atoms with Crippen LogP contribution in [0.15, 0.2) is 522 Å². The van der Waals surface area contributed by atoms with Gasteiger partial charge in [-0.05, 0) is 234 Å². The Morgan fingerprint density at radius 3 is 0.891 bits per heavy atom. The van der Waals surface area contributed by atoms with Crippen molar-refractivity contribution in [2.75, 3.05) is 16.0 Å². The third-order valence-electron chi connectivity index (χ3n) is 26.4. The van der Waals surface area contributed by atoms with E-state index in [1.54, 1.807) is 0 Å². The van der Waals surface area contributed by atoms with Gasteiger partial charge in [-0.25, -0.2) is 0 Å². The third kappa shape index (κ3) is 14.2. The predicted octanol–water partition coefficient (Wildman–Crippen LogP) is 33.0. The largest absolute Gasteiger partial charge is 0.356 e. The zero-order valence-corrected chi connectivity index (χ0v) is 70.7. The first-order valence-electron chi connectivity index (χ1n) is 44.3. The Bertz CT molecular complexity index is 7360. The lowest BCUT2D eigenvalue weighted by Crippen LogP contribution is -2.28. The fourth-order valence-electron chi connectivity index (χ4n) is 20.8. The molecule has 3 N–H and O–H groups in total. The van der Waals surface area contributed by atoms with Crippen molar-refractivity contribution in [3.8, 4) is 77.9 Å². The van der Waals surface area contributed by atoms with E-state index in [0.29, 0.717) is 0 Å². The number of rotatable bonds is 16. The molecular formula is C126H93N3. The summed E-state index contributed by atoms with van der Waals surface area (Å²) in [5, 5.41) is 16.3. The highest BCUT2D eigenvalue weighted by atomic mass is 14.9. The molecule has 3 aliphatic carbocycles. The summed E-state index contributed by atoms with van der Waals surface area (Å²) >= 11 is 0. The summed E-state index contributed by atoms with van der Waals surface area (Å²) in [5.41, 5.74) is 38.3. The van der Waals surface area contributed by atoms with Gasteiger partial charge < -0.3 is 16.0 Å². The normalized spacial score (nSPS) is 12.8. The fourth-order valence-corrected chi connectivity index (χ4v) is 20.8. The molecule has 0 aliphatic heterocycles. The Kier molecular flexibility index (Phi) is 21.4. The summed E-state index contributed by atoms with van der Waals surface area (Å²) in [4.78, 5) is 0. The molecular weight excluding hydrogens is 1560 g/mol. The molecule has 0 fully saturated rings. The highest BCUT2D eigenvalue weighted by Crippen LogP contribution is 2.62. The molecule has 0 radical (unpaired) electrons. The van der Waals surface area contributed by atoms with E-state index >= 15 is 0 Å². The molecule has 21 aromatic rings. The number of fused-ring (bicyclic) bond motifs is 13. The number of anilines is 6. The number of hydrogen-bond donors (Lipinski definition) is 3. The van der Waals surface area contributed by atoms with E-state index in [1.807, 2.05) is 0 Å². The van der Waals surface area contributed by atoms with Crippen molar-refractivity contribution in [2.45, 2.75) is 23.7 Å². The summed E-state index contributed by atoms with van der Waals surface area (Å²) in [5.74, 6) is 0. The smallest absolute Gasteiger partial charge is 0.0714 e. The molecule has 0 saturated carbocycles. The molecule has 3 heteroatoms. The van der Waals surface area contributed by atoms with Crippen molar-refractivity contribution >= 4 is 55.7 Å². The predicted molar refractivity (Wildman–Crippen MR) is 544 cm³/mol. The molecule has 24 rings (SSSR count). The minimum atomic E-state index is -0.438. The molecule has 0 atom stereocenters. The SMILES string of the molecule is C.c1ccc(-c2ccc(Nc3cc4c(c5ccccc35)-c3ccccc3C4(c3ccccc3)c3ccccc3)cc2)cc1.c1ccc(-c2ccc(Nc3ccc4c(c3)C(c3ccccc3)(c3ccccc3)c3ccc5ccccc5c3-4)cc2)cc1.c1ccc(-c2cccc(-c3ccc(Nc4ccc5c(c4)C(c4ccccc4)(c4ccccc4)c4ccccc4-5)cc3)c2)cc1. The summed E-state index contributed by atoms with van der Waals surface area (Å²) in [6, 6.07) is 189. The van der Waals surface area contributed by atoms with Crippen LogP contribution in [0.2, 0.25) is 0 Å². The Labute approximate surface area is 756 Å². The molecule has 0 heterocycles. The number of benzene rings is 21. The van der Waals surface area contributed by atoms with E-state index in [1.165, 1.54) is 166 Å². The van der Waals surface area contributed by atoms with Gasteiger partial charge in [-0.15, -0.1) is 0 Å². The van der Waals surface area contributed by atoms with Crippen LogP contribution in [0.3, 0.4) is 0 Å². The molecule has 0 aromatic heterocycles. The second-order valence-corrected chi connectivity index (χ2v) is 33.4. The topological polar surface area (TPSA) is 36.1 Å². The van der Waals surface area contributed by atoms with Crippen molar-refractivity contribution in [3.63, 3.8) is 0 Å². The van der Waals surface area contributed by atoms with E-state index < -0.39 is 16.2 Å². The van der Waals surface area contributed by atoms with Crippen LogP contribution in [-0.4, -0.2) is 0 Å². The third-order valence-corrected chi connectivity index (χ3v) is 26.4. The van der Waals surface area contributed by atoms with E-state index in [2.05, 4.69) is 538 Å². The zero-order valence-electron chi connectivity index (χ0n) is 70.7. The van der Waals surface area contributed by atoms with Crippen molar-refractivity contribution < 1.29 is 0 Å². The maximum Gasteiger partial charge on any atom is 0.0714 e. The van der Waals surface area contributed by atoms with Gasteiger partial charge in [-0.3, -0.25) is 0 Å². The van der Waals surface area contributed by atoms with Crippen molar-refractivity contribution in [3.05, 3.63) is 588 Å². The molecule has 0 saturated heterocycles. The van der Waals surface area contributed by atoms with Crippen molar-refractivity contribution in [1.29, 1.82) is 0 Å². The maximum absolute atomic E-state index is 3.82. The standard InChI is InChI=1S/C43H31N.2C41H29N.CH4/c1-4-13-31(14-5-1)33-15-12-16-34(29-33)32-23-25-37(26-24-32)44-38-27-28-40-39-21-10-11-22-41(39)43(42(40)30-38,35-17-6-2-7-18-35)36-19-8-3-9-20-36;1-4-14-29(15-5-1)30-24-26-33(27-25-30)42-39-28-38-40(35-21-11-10-20-34(35)39)36-22-12-13-23-37(36)41(38,31-16-6-2-7-17-31)32-18-8-3-9-19-32;1-4-12-29(13-5-1)30-20-23-34(24-21-30)42-35-25-26-37-39(28-35)41(32-15-6-2-7-16-32,33-17-8-3-9-18-33)38-27-22-31-14-10-11-19-36(31)40(37)38;/h1-30,44H;2*1-28,42H;1H4. The molecule has 3 aliphatic rings. The Morgan fingerprint density at radius 2 is 0.434 bits per heavy atom. The first-order valence-corrected chi connectivity index (χ1v) is 44.3. The molecule has 612 valence electrons. The lowest BCUT2D eigenvalue weighted by atomic mass is 9.67. The Balaban J connectivity index is 0.000000117. The van der Waals surface area contributed by atoms with Crippen LogP contribution in [-0.2, 0) is 16.2 Å². The van der Waals surface area contributed by atoms with Gasteiger partial charge in [-0.2, -0.15) is 0 Å². The summed E-state index contributed by atoms with van der Waals surface area (Å²) in [7, 11) is 0. The minimum absolute atomic E-state index is 0. The molecule has 129 heavy (non-hydrogen) atoms. The second kappa shape index (κ2) is 34.6. The van der Waals surface area contributed by atoms with Crippen LogP contribution >= 0.6 is 0 Å². The maximum atomic E-state index is 3.82. The van der Waals surface area contributed by atoms with E-state index in [0.717, 1.165) is 34.1 Å². The number of nitrogens with one attached hydrogen (secondary N) is 3. The number of hydrogen-bond acceptors (Lipinski definition) is 3. The summed E-state index contributed by atoms with van der Waals surface area (Å²) < 4.78 is 0. The van der Waals surface area contributed by atoms with Gasteiger partial charge in [0.25, 0.3) is 0 Å². The van der Waals surface area contributed by atoms with Gasteiger partial charge in [0.05, 0.1) is 16.2 Å². The second-order valence-electron chi connectivity index (χ2n) is 33.4. The lowest BCUT2D eigenvalue weighted by molar-refractivity contribution is 0.769. The first-order chi connectivity index (χ1) is 63.5. The van der Waals surface area contributed by atoms with Gasteiger partial charge in [-0.1, -0.05) is 456 Å². The van der Waals surface area contributed by atoms with Gasteiger partial charge >= 0.3 is 0 Å². The van der Waals surface area contributed by atoms with Crippen molar-refractivity contribution in [2.24, 2.45) is 0 Å². The quantitative estimate of drug-likeness (QED) is 0.0902. The van der Waals surface area contributed by atoms with Gasteiger partial charge in [0.15, 0.2) is 0 Å². The summed E-state index contributed by atoms with van der Waals surface area (Å²) in [6.45, 7) is 0. The highest BCUT2D eigenvalue weighted by molar-refractivity contribution is 6.10. The molecule has 0 unspecified atom stereocenters. The fraction of sp³-hybridized carbons (Fsp3) is 0.0317. The van der Waals surface area contributed by atoms with E-state index in [4.69, 9.17) is 0 Å². The molecule has 21 aromatic carbocycles. The lowest BCUT2D eigenvalue weighted by Gasteiger charge is -2.34. The average Bonchev–Trinajstić information content (AvgIpc) is 1.47. The molecule has 3 nitrogen and oxygen atoms in total. The van der Waals surface area contributed by atoms with Gasteiger partial charge in [0.1, 0.15) is 0 Å². The highest BCUT2D eigenvalue weighted by Gasteiger charge is 2.50. The summed E-state index contributed by atoms with van der Waals surface area (Å²) in [6.07, 6.45) is 0. The van der Waals surface area contributed by atoms with Gasteiger partial charge in [0.2, 0.25) is 0 Å². The molecule has 0 spiro atoms. The van der Waals surface area contributed by atoms with Gasteiger partial charge in [0, 0.05) is 39.5 Å². The molecule has 0 bridgehead atoms. The van der Waals surface area contributed by atoms with Crippen molar-refractivity contribution in [1.82, 2.24) is 0 Å². The van der Waals surface area contributed by atoms with E-state index in [-0.39, 0.29) is 7.43 Å². The zero-order chi connectivity index (χ0) is 85.2. The van der Waals surface area contributed by atoms with Crippen LogP contribution in [0.1, 0.15) is 74.2 Å². The first kappa shape index (κ1) is 79.7. The molecule has 0 amide bonds.